The minimum atomic E-state index is -2.60. The van der Waals surface area contributed by atoms with E-state index in [-0.39, 0.29) is 27.1 Å². The van der Waals surface area contributed by atoms with Gasteiger partial charge in [0.25, 0.3) is 6.43 Å². The van der Waals surface area contributed by atoms with Crippen molar-refractivity contribution in [3.05, 3.63) is 50.9 Å². The molecule has 2 aromatic heterocycles. The average molecular weight is 554 g/mol. The van der Waals surface area contributed by atoms with Crippen molar-refractivity contribution >= 4 is 52.7 Å². The van der Waals surface area contributed by atoms with E-state index in [1.54, 1.807) is 4.90 Å². The van der Waals surface area contributed by atoms with Crippen LogP contribution in [0.3, 0.4) is 0 Å². The summed E-state index contributed by atoms with van der Waals surface area (Å²) in [4.78, 5) is 34.2. The molecule has 1 fully saturated rings. The van der Waals surface area contributed by atoms with Crippen LogP contribution >= 0.6 is 34.8 Å². The molecule has 13 heteroatoms. The number of hydrogen-bond acceptors (Lipinski definition) is 7. The van der Waals surface area contributed by atoms with Gasteiger partial charge in [0.15, 0.2) is 0 Å². The van der Waals surface area contributed by atoms with E-state index in [0.717, 1.165) is 6.07 Å². The molecule has 0 bridgehead atoms. The zero-order valence-corrected chi connectivity index (χ0v) is 21.8. The molecule has 1 aliphatic heterocycles. The van der Waals surface area contributed by atoms with Crippen LogP contribution in [0, 0.1) is 0 Å². The molecule has 1 aliphatic rings. The van der Waals surface area contributed by atoms with E-state index in [2.05, 4.69) is 14.7 Å². The number of aromatic nitrogens is 2. The normalized spacial score (nSPS) is 13.8. The van der Waals surface area contributed by atoms with Gasteiger partial charge in [0, 0.05) is 31.7 Å². The fraction of sp³-hybridized carbons (Fsp3) is 0.455. The predicted octanol–water partition coefficient (Wildman–Crippen LogP) is 5.90. The van der Waals surface area contributed by atoms with Crippen LogP contribution in [0.2, 0.25) is 15.5 Å². The monoisotopic (exact) mass is 552 g/mol. The Kier molecular flexibility index (Phi) is 10.3. The summed E-state index contributed by atoms with van der Waals surface area (Å²) in [5.41, 5.74) is -0.411. The Labute approximate surface area is 217 Å². The third-order valence-corrected chi connectivity index (χ3v) is 5.08. The van der Waals surface area contributed by atoms with Gasteiger partial charge in [-0.05, 0) is 45.0 Å². The Morgan fingerprint density at radius 1 is 0.943 bits per heavy atom. The molecule has 0 atom stereocenters. The summed E-state index contributed by atoms with van der Waals surface area (Å²) in [7, 11) is 1.28. The van der Waals surface area contributed by atoms with Crippen molar-refractivity contribution in [1.29, 1.82) is 0 Å². The van der Waals surface area contributed by atoms with E-state index >= 15 is 0 Å². The second-order valence-corrected chi connectivity index (χ2v) is 9.49. The van der Waals surface area contributed by atoms with Gasteiger partial charge in [-0.25, -0.2) is 28.3 Å². The van der Waals surface area contributed by atoms with Gasteiger partial charge in [-0.15, -0.1) is 0 Å². The van der Waals surface area contributed by atoms with Crippen LogP contribution in [0.15, 0.2) is 24.3 Å². The Bertz CT molecular complexity index is 1030. The Morgan fingerprint density at radius 2 is 1.49 bits per heavy atom. The quantitative estimate of drug-likeness (QED) is 0.345. The number of hydrogen-bond donors (Lipinski definition) is 0. The number of ether oxygens (including phenoxy) is 2. The van der Waals surface area contributed by atoms with E-state index < -0.39 is 18.0 Å². The molecule has 35 heavy (non-hydrogen) atoms. The van der Waals surface area contributed by atoms with Crippen molar-refractivity contribution in [3.63, 3.8) is 0 Å². The van der Waals surface area contributed by atoms with E-state index in [0.29, 0.717) is 37.6 Å². The molecule has 2 aromatic rings. The first-order chi connectivity index (χ1) is 16.3. The van der Waals surface area contributed by atoms with Gasteiger partial charge in [-0.3, -0.25) is 0 Å². The van der Waals surface area contributed by atoms with Crippen molar-refractivity contribution in [2.45, 2.75) is 32.8 Å². The smallest absolute Gasteiger partial charge is 0.410 e. The Morgan fingerprint density at radius 3 is 1.97 bits per heavy atom. The summed E-state index contributed by atoms with van der Waals surface area (Å²) < 4.78 is 35.5. The van der Waals surface area contributed by atoms with Gasteiger partial charge in [-0.1, -0.05) is 34.8 Å². The van der Waals surface area contributed by atoms with Crippen LogP contribution < -0.4 is 4.90 Å². The fourth-order valence-electron chi connectivity index (χ4n) is 2.94. The van der Waals surface area contributed by atoms with Crippen LogP contribution in [-0.4, -0.2) is 65.8 Å². The number of pyridine rings is 2. The highest BCUT2D eigenvalue weighted by atomic mass is 35.5. The van der Waals surface area contributed by atoms with E-state index in [1.165, 1.54) is 25.3 Å². The van der Waals surface area contributed by atoms with Crippen LogP contribution in [-0.2, 0) is 9.47 Å². The number of alkyl halides is 2. The van der Waals surface area contributed by atoms with Crippen molar-refractivity contribution < 1.29 is 27.8 Å². The van der Waals surface area contributed by atoms with E-state index in [1.807, 2.05) is 25.7 Å². The van der Waals surface area contributed by atoms with Gasteiger partial charge in [0.2, 0.25) is 0 Å². The van der Waals surface area contributed by atoms with Crippen molar-refractivity contribution in [2.75, 3.05) is 38.2 Å². The Hall–Kier alpha value is -2.43. The van der Waals surface area contributed by atoms with E-state index in [9.17, 15) is 18.4 Å². The van der Waals surface area contributed by atoms with Crippen molar-refractivity contribution in [2.24, 2.45) is 0 Å². The number of amides is 1. The number of rotatable bonds is 3. The minimum absolute atomic E-state index is 0.0346. The zero-order chi connectivity index (χ0) is 26.3. The lowest BCUT2D eigenvalue weighted by Gasteiger charge is -2.36. The van der Waals surface area contributed by atoms with Crippen LogP contribution in [0.25, 0.3) is 0 Å². The summed E-state index contributed by atoms with van der Waals surface area (Å²) >= 11 is 16.9. The minimum Gasteiger partial charge on any atom is -0.465 e. The molecule has 3 heterocycles. The molecule has 0 saturated carbocycles. The highest BCUT2D eigenvalue weighted by molar-refractivity contribution is 6.33. The van der Waals surface area contributed by atoms with Gasteiger partial charge in [0.1, 0.15) is 26.9 Å². The molecule has 0 unspecified atom stereocenters. The van der Waals surface area contributed by atoms with Crippen LogP contribution in [0.1, 0.15) is 43.1 Å². The summed E-state index contributed by atoms with van der Waals surface area (Å²) in [5.74, 6) is -0.0853. The second kappa shape index (κ2) is 12.5. The van der Waals surface area contributed by atoms with Gasteiger partial charge in [0.05, 0.1) is 12.7 Å². The topological polar surface area (TPSA) is 84.9 Å². The molecular formula is C22H25Cl3F2N4O4. The third kappa shape index (κ3) is 9.27. The van der Waals surface area contributed by atoms with Crippen molar-refractivity contribution in [3.8, 4) is 0 Å². The third-order valence-electron chi connectivity index (χ3n) is 4.49. The molecule has 3 rings (SSSR count). The number of halogens is 5. The first-order valence-corrected chi connectivity index (χ1v) is 11.5. The number of carbonyl (C=O) groups is 2. The molecule has 192 valence electrons. The van der Waals surface area contributed by atoms with Gasteiger partial charge < -0.3 is 19.3 Å². The van der Waals surface area contributed by atoms with Crippen LogP contribution in [0.4, 0.5) is 19.4 Å². The number of esters is 1. The first-order valence-electron chi connectivity index (χ1n) is 10.4. The zero-order valence-electron chi connectivity index (χ0n) is 19.5. The highest BCUT2D eigenvalue weighted by Crippen LogP contribution is 2.26. The molecule has 0 radical (unpaired) electrons. The number of methoxy groups -OCH3 is 1. The maximum Gasteiger partial charge on any atom is 0.410 e. The first kappa shape index (κ1) is 28.8. The number of anilines is 1. The fourth-order valence-corrected chi connectivity index (χ4v) is 3.61. The summed E-state index contributed by atoms with van der Waals surface area (Å²) in [6, 6.07) is 5.27. The lowest BCUT2D eigenvalue weighted by molar-refractivity contribution is 0.0240. The Balaban J connectivity index is 0.000000303. The van der Waals surface area contributed by atoms with Crippen molar-refractivity contribution in [1.82, 2.24) is 14.9 Å². The predicted molar refractivity (Wildman–Crippen MR) is 130 cm³/mol. The standard InChI is InChI=1S/C15H20ClF2N3O2.C7H5Cl2NO2/c1-15(2,3)23-14(22)21-6-4-20(5-7-21)12-9-10(13(17)18)8-11(16)19-12;1-12-7(11)4-2-5(8)10-6(9)3-4/h8-9,13H,4-7H2,1-3H3;2-3H,1H3. The van der Waals surface area contributed by atoms with Crippen LogP contribution in [0.5, 0.6) is 0 Å². The molecule has 0 aromatic carbocycles. The average Bonchev–Trinajstić information content (AvgIpc) is 2.77. The second-order valence-electron chi connectivity index (χ2n) is 8.33. The maximum atomic E-state index is 12.8. The summed E-state index contributed by atoms with van der Waals surface area (Å²) in [6.07, 6.45) is -2.97. The van der Waals surface area contributed by atoms with E-state index in [4.69, 9.17) is 39.5 Å². The van der Waals surface area contributed by atoms with Gasteiger partial charge >= 0.3 is 12.1 Å². The van der Waals surface area contributed by atoms with Gasteiger partial charge in [-0.2, -0.15) is 0 Å². The molecule has 1 amide bonds. The molecule has 0 N–H and O–H groups in total. The molecule has 8 nitrogen and oxygen atoms in total. The SMILES string of the molecule is CC(C)(C)OC(=O)N1CCN(c2cc(C(F)F)cc(Cl)n2)CC1.COC(=O)c1cc(Cl)nc(Cl)c1. The number of carbonyl (C=O) groups excluding carboxylic acids is 2. The molecular weight excluding hydrogens is 529 g/mol. The maximum absolute atomic E-state index is 12.8. The molecule has 1 saturated heterocycles. The summed E-state index contributed by atoms with van der Waals surface area (Å²) in [5, 5.41) is 0.373. The summed E-state index contributed by atoms with van der Waals surface area (Å²) in [6.45, 7) is 7.26. The highest BCUT2D eigenvalue weighted by Gasteiger charge is 2.26. The molecule has 0 aliphatic carbocycles. The number of nitrogens with zero attached hydrogens (tertiary/aromatic N) is 4. The molecule has 0 spiro atoms. The lowest BCUT2D eigenvalue weighted by atomic mass is 10.2. The number of piperazine rings is 1. The lowest BCUT2D eigenvalue weighted by Crippen LogP contribution is -2.50. The largest absolute Gasteiger partial charge is 0.465 e.